The van der Waals surface area contributed by atoms with E-state index in [1.165, 1.54) is 5.56 Å². The fourth-order valence-corrected chi connectivity index (χ4v) is 3.33. The average molecular weight is 298 g/mol. The first-order chi connectivity index (χ1) is 9.59. The number of sulfonamides is 1. The molecule has 1 heterocycles. The molecule has 0 unspecified atom stereocenters. The van der Waals surface area contributed by atoms with Crippen LogP contribution in [-0.4, -0.2) is 45.4 Å². The van der Waals surface area contributed by atoms with Gasteiger partial charge in [-0.25, -0.2) is 8.42 Å². The van der Waals surface area contributed by atoms with Crippen LogP contribution in [0.5, 0.6) is 0 Å². The quantitative estimate of drug-likeness (QED) is 0.868. The maximum absolute atomic E-state index is 11.7. The molecule has 1 fully saturated rings. The van der Waals surface area contributed by atoms with Gasteiger partial charge in [-0.2, -0.15) is 0 Å². The van der Waals surface area contributed by atoms with Crippen LogP contribution in [0.25, 0.3) is 0 Å². The van der Waals surface area contributed by atoms with E-state index in [9.17, 15) is 8.42 Å². The maximum Gasteiger partial charge on any atom is 0.232 e. The molecule has 0 aliphatic carbocycles. The highest BCUT2D eigenvalue weighted by Crippen LogP contribution is 2.14. The zero-order valence-electron chi connectivity index (χ0n) is 11.8. The number of hydrogen-bond donors (Lipinski definition) is 1. The van der Waals surface area contributed by atoms with E-state index >= 15 is 0 Å². The van der Waals surface area contributed by atoms with Gasteiger partial charge in [-0.05, 0) is 24.1 Å². The summed E-state index contributed by atoms with van der Waals surface area (Å²) in [6, 6.07) is 7.59. The SMILES string of the molecule is CCCS(=O)(=O)Nc1ccc(CN2CCOCC2)cc1. The van der Waals surface area contributed by atoms with Crippen molar-refractivity contribution in [1.29, 1.82) is 0 Å². The second-order valence-corrected chi connectivity index (χ2v) is 6.85. The van der Waals surface area contributed by atoms with Crippen molar-refractivity contribution in [3.8, 4) is 0 Å². The molecule has 0 bridgehead atoms. The number of nitrogens with zero attached hydrogens (tertiary/aromatic N) is 1. The van der Waals surface area contributed by atoms with Crippen molar-refractivity contribution in [2.24, 2.45) is 0 Å². The first kappa shape index (κ1) is 15.3. The third kappa shape index (κ3) is 4.77. The zero-order valence-corrected chi connectivity index (χ0v) is 12.7. The summed E-state index contributed by atoms with van der Waals surface area (Å²) in [5.74, 6) is 0.155. The maximum atomic E-state index is 11.7. The highest BCUT2D eigenvalue weighted by Gasteiger charge is 2.11. The molecular formula is C14H22N2O3S. The molecule has 1 saturated heterocycles. The molecular weight excluding hydrogens is 276 g/mol. The summed E-state index contributed by atoms with van der Waals surface area (Å²) in [4.78, 5) is 2.33. The summed E-state index contributed by atoms with van der Waals surface area (Å²) in [6.45, 7) is 6.20. The third-order valence-electron chi connectivity index (χ3n) is 3.21. The third-order valence-corrected chi connectivity index (χ3v) is 4.70. The van der Waals surface area contributed by atoms with Crippen LogP contribution in [0.4, 0.5) is 5.69 Å². The molecule has 0 atom stereocenters. The molecule has 1 aliphatic rings. The molecule has 0 amide bonds. The van der Waals surface area contributed by atoms with E-state index < -0.39 is 10.0 Å². The van der Waals surface area contributed by atoms with Crippen molar-refractivity contribution in [3.05, 3.63) is 29.8 Å². The molecule has 1 aromatic rings. The molecule has 0 radical (unpaired) electrons. The van der Waals surface area contributed by atoms with Crippen molar-refractivity contribution < 1.29 is 13.2 Å². The van der Waals surface area contributed by atoms with Crippen molar-refractivity contribution in [2.75, 3.05) is 36.8 Å². The van der Waals surface area contributed by atoms with Crippen molar-refractivity contribution in [3.63, 3.8) is 0 Å². The molecule has 1 aliphatic heterocycles. The minimum absolute atomic E-state index is 0.155. The number of rotatable bonds is 6. The van der Waals surface area contributed by atoms with E-state index in [2.05, 4.69) is 9.62 Å². The Morgan fingerprint density at radius 3 is 2.45 bits per heavy atom. The van der Waals surface area contributed by atoms with Crippen LogP contribution in [0.2, 0.25) is 0 Å². The summed E-state index contributed by atoms with van der Waals surface area (Å²) in [6.07, 6.45) is 0.616. The van der Waals surface area contributed by atoms with E-state index in [0.29, 0.717) is 12.1 Å². The lowest BCUT2D eigenvalue weighted by Gasteiger charge is -2.26. The van der Waals surface area contributed by atoms with Gasteiger partial charge in [0.1, 0.15) is 0 Å². The van der Waals surface area contributed by atoms with Gasteiger partial charge in [0, 0.05) is 25.3 Å². The number of nitrogens with one attached hydrogen (secondary N) is 1. The second-order valence-electron chi connectivity index (χ2n) is 5.01. The van der Waals surface area contributed by atoms with Gasteiger partial charge in [-0.1, -0.05) is 19.1 Å². The first-order valence-electron chi connectivity index (χ1n) is 6.98. The smallest absolute Gasteiger partial charge is 0.232 e. The van der Waals surface area contributed by atoms with Crippen molar-refractivity contribution in [1.82, 2.24) is 4.90 Å². The Labute approximate surface area is 121 Å². The standard InChI is InChI=1S/C14H22N2O3S/c1-2-11-20(17,18)15-14-5-3-13(4-6-14)12-16-7-9-19-10-8-16/h3-6,15H,2,7-12H2,1H3. The predicted molar refractivity (Wildman–Crippen MR) is 80.2 cm³/mol. The average Bonchev–Trinajstić information content (AvgIpc) is 2.42. The van der Waals surface area contributed by atoms with Gasteiger partial charge in [0.15, 0.2) is 0 Å². The lowest BCUT2D eigenvalue weighted by molar-refractivity contribution is 0.0342. The number of anilines is 1. The van der Waals surface area contributed by atoms with Crippen LogP contribution in [0.1, 0.15) is 18.9 Å². The van der Waals surface area contributed by atoms with Crippen LogP contribution in [0.15, 0.2) is 24.3 Å². The lowest BCUT2D eigenvalue weighted by atomic mass is 10.2. The van der Waals surface area contributed by atoms with Crippen LogP contribution in [0.3, 0.4) is 0 Å². The minimum atomic E-state index is -3.20. The summed E-state index contributed by atoms with van der Waals surface area (Å²) in [5, 5.41) is 0. The van der Waals surface area contributed by atoms with E-state index in [1.807, 2.05) is 31.2 Å². The Hall–Kier alpha value is -1.11. The molecule has 1 aromatic carbocycles. The Morgan fingerprint density at radius 2 is 1.85 bits per heavy atom. The van der Waals surface area contributed by atoms with Crippen LogP contribution >= 0.6 is 0 Å². The van der Waals surface area contributed by atoms with Gasteiger partial charge in [0.25, 0.3) is 0 Å². The molecule has 0 spiro atoms. The molecule has 112 valence electrons. The van der Waals surface area contributed by atoms with Crippen LogP contribution in [-0.2, 0) is 21.3 Å². The van der Waals surface area contributed by atoms with E-state index in [1.54, 1.807) is 0 Å². The summed E-state index contributed by atoms with van der Waals surface area (Å²) >= 11 is 0. The van der Waals surface area contributed by atoms with Gasteiger partial charge < -0.3 is 4.74 Å². The van der Waals surface area contributed by atoms with Gasteiger partial charge in [0.05, 0.1) is 19.0 Å². The van der Waals surface area contributed by atoms with Gasteiger partial charge >= 0.3 is 0 Å². The molecule has 0 saturated carbocycles. The fraction of sp³-hybridized carbons (Fsp3) is 0.571. The van der Waals surface area contributed by atoms with Gasteiger partial charge in [-0.3, -0.25) is 9.62 Å². The zero-order chi connectivity index (χ0) is 14.4. The van der Waals surface area contributed by atoms with E-state index in [-0.39, 0.29) is 5.75 Å². The Kier molecular flexibility index (Phi) is 5.39. The molecule has 0 aromatic heterocycles. The van der Waals surface area contributed by atoms with Gasteiger partial charge in [0.2, 0.25) is 10.0 Å². The Morgan fingerprint density at radius 1 is 1.20 bits per heavy atom. The molecule has 6 heteroatoms. The fourth-order valence-electron chi connectivity index (χ4n) is 2.19. The molecule has 2 rings (SSSR count). The highest BCUT2D eigenvalue weighted by atomic mass is 32.2. The van der Waals surface area contributed by atoms with Crippen LogP contribution in [0, 0.1) is 0 Å². The van der Waals surface area contributed by atoms with Crippen molar-refractivity contribution in [2.45, 2.75) is 19.9 Å². The van der Waals surface area contributed by atoms with E-state index in [0.717, 1.165) is 32.8 Å². The van der Waals surface area contributed by atoms with Crippen LogP contribution < -0.4 is 4.72 Å². The predicted octanol–water partition coefficient (Wildman–Crippen LogP) is 1.67. The first-order valence-corrected chi connectivity index (χ1v) is 8.64. The summed E-state index contributed by atoms with van der Waals surface area (Å²) in [5.41, 5.74) is 1.81. The Balaban J connectivity index is 1.92. The monoisotopic (exact) mass is 298 g/mol. The molecule has 20 heavy (non-hydrogen) atoms. The Bertz CT molecular complexity index is 508. The summed E-state index contributed by atoms with van der Waals surface area (Å²) < 4.78 is 31.2. The highest BCUT2D eigenvalue weighted by molar-refractivity contribution is 7.92. The normalized spacial score (nSPS) is 17.1. The molecule has 1 N–H and O–H groups in total. The number of ether oxygens (including phenoxy) is 1. The molecule has 5 nitrogen and oxygen atoms in total. The number of hydrogen-bond acceptors (Lipinski definition) is 4. The summed E-state index contributed by atoms with van der Waals surface area (Å²) in [7, 11) is -3.20. The largest absolute Gasteiger partial charge is 0.379 e. The van der Waals surface area contributed by atoms with Gasteiger partial charge in [-0.15, -0.1) is 0 Å². The number of morpholine rings is 1. The second kappa shape index (κ2) is 7.06. The number of benzene rings is 1. The lowest BCUT2D eigenvalue weighted by Crippen LogP contribution is -2.35. The minimum Gasteiger partial charge on any atom is -0.379 e. The van der Waals surface area contributed by atoms with Crippen molar-refractivity contribution >= 4 is 15.7 Å². The van der Waals surface area contributed by atoms with E-state index in [4.69, 9.17) is 4.74 Å². The topological polar surface area (TPSA) is 58.6 Å².